The van der Waals surface area contributed by atoms with Crippen molar-refractivity contribution in [1.82, 2.24) is 5.32 Å². The number of nitrogens with one attached hydrogen (secondary N) is 1. The van der Waals surface area contributed by atoms with Gasteiger partial charge >= 0.3 is 0 Å². The largest absolute Gasteiger partial charge is 0.310 e. The molecule has 2 heteroatoms. The van der Waals surface area contributed by atoms with Crippen LogP contribution in [0.15, 0.2) is 12.2 Å². The Balaban J connectivity index is 2.38. The van der Waals surface area contributed by atoms with Crippen LogP contribution in [0.25, 0.3) is 0 Å². The van der Waals surface area contributed by atoms with Gasteiger partial charge in [-0.25, -0.2) is 0 Å². The second kappa shape index (κ2) is 5.18. The van der Waals surface area contributed by atoms with E-state index in [4.69, 9.17) is 11.6 Å². The molecule has 1 aliphatic carbocycles. The topological polar surface area (TPSA) is 12.0 Å². The van der Waals surface area contributed by atoms with Gasteiger partial charge in [0.2, 0.25) is 0 Å². The van der Waals surface area contributed by atoms with Gasteiger partial charge in [0.05, 0.1) is 0 Å². The summed E-state index contributed by atoms with van der Waals surface area (Å²) < 4.78 is 0. The van der Waals surface area contributed by atoms with E-state index in [1.165, 1.54) is 6.42 Å². The summed E-state index contributed by atoms with van der Waals surface area (Å²) in [5.41, 5.74) is 0.401. The Bertz CT molecular complexity index is 198. The fourth-order valence-electron chi connectivity index (χ4n) is 2.33. The smallest absolute Gasteiger partial charge is 0.0356 e. The fourth-order valence-corrected chi connectivity index (χ4v) is 2.97. The van der Waals surface area contributed by atoms with Crippen LogP contribution in [0.3, 0.4) is 0 Å². The van der Waals surface area contributed by atoms with Gasteiger partial charge in [0.1, 0.15) is 0 Å². The zero-order chi connectivity index (χ0) is 10.6. The molecular weight excluding hydrogens is 194 g/mol. The Labute approximate surface area is 92.9 Å². The van der Waals surface area contributed by atoms with Crippen molar-refractivity contribution in [2.24, 2.45) is 5.41 Å². The lowest BCUT2D eigenvalue weighted by molar-refractivity contribution is 0.205. The van der Waals surface area contributed by atoms with Crippen molar-refractivity contribution >= 4 is 11.6 Å². The Kier molecular flexibility index (Phi) is 4.46. The molecule has 0 aromatic carbocycles. The van der Waals surface area contributed by atoms with Crippen molar-refractivity contribution in [2.45, 2.75) is 51.5 Å². The molecule has 0 aromatic heterocycles. The molecule has 1 saturated carbocycles. The molecule has 2 atom stereocenters. The quantitative estimate of drug-likeness (QED) is 0.563. The van der Waals surface area contributed by atoms with E-state index in [1.807, 2.05) is 0 Å². The summed E-state index contributed by atoms with van der Waals surface area (Å²) in [6.45, 7) is 7.65. The molecule has 0 heterocycles. The normalized spacial score (nSPS) is 32.3. The van der Waals surface area contributed by atoms with Crippen molar-refractivity contribution < 1.29 is 0 Å². The van der Waals surface area contributed by atoms with Crippen LogP contribution in [-0.4, -0.2) is 18.0 Å². The van der Waals surface area contributed by atoms with E-state index in [2.05, 4.69) is 38.2 Å². The van der Waals surface area contributed by atoms with Crippen molar-refractivity contribution in [3.63, 3.8) is 0 Å². The number of alkyl halides is 1. The molecule has 0 spiro atoms. The molecule has 1 nitrogen and oxygen atoms in total. The third-order valence-electron chi connectivity index (χ3n) is 2.87. The van der Waals surface area contributed by atoms with Gasteiger partial charge in [0.25, 0.3) is 0 Å². The summed E-state index contributed by atoms with van der Waals surface area (Å²) in [4.78, 5) is 0. The first-order valence-electron chi connectivity index (χ1n) is 5.52. The fraction of sp³-hybridized carbons (Fsp3) is 0.833. The highest BCUT2D eigenvalue weighted by atomic mass is 35.5. The molecule has 1 N–H and O–H groups in total. The first kappa shape index (κ1) is 12.1. The number of hydrogen-bond acceptors (Lipinski definition) is 1. The van der Waals surface area contributed by atoms with Gasteiger partial charge in [-0.1, -0.05) is 26.0 Å². The Hall–Kier alpha value is -0.0100. The van der Waals surface area contributed by atoms with Crippen molar-refractivity contribution in [3.05, 3.63) is 12.2 Å². The number of allylic oxidation sites excluding steroid dienone is 1. The molecule has 1 rings (SSSR count). The van der Waals surface area contributed by atoms with Crippen LogP contribution in [0.5, 0.6) is 0 Å². The van der Waals surface area contributed by atoms with Gasteiger partial charge in [-0.05, 0) is 31.6 Å². The predicted octanol–water partition coefficient (Wildman–Crippen LogP) is 3.34. The minimum absolute atomic E-state index is 0.349. The van der Waals surface area contributed by atoms with E-state index in [1.54, 1.807) is 0 Å². The van der Waals surface area contributed by atoms with E-state index in [9.17, 15) is 0 Å². The average Bonchev–Trinajstić information content (AvgIpc) is 2.00. The van der Waals surface area contributed by atoms with Crippen LogP contribution in [0, 0.1) is 5.41 Å². The van der Waals surface area contributed by atoms with Crippen LogP contribution in [-0.2, 0) is 0 Å². The van der Waals surface area contributed by atoms with E-state index >= 15 is 0 Å². The average molecular weight is 216 g/mol. The zero-order valence-corrected chi connectivity index (χ0v) is 10.3. The van der Waals surface area contributed by atoms with Crippen LogP contribution in [0.1, 0.15) is 40.0 Å². The Morgan fingerprint density at radius 1 is 1.43 bits per heavy atom. The standard InChI is InChI=1S/C12H22ClN/c1-4-5-6-14-11-7-10(13)8-12(2,3)9-11/h4-5,10-11,14H,6-9H2,1-3H3/b5-4+. The lowest BCUT2D eigenvalue weighted by Crippen LogP contribution is -2.41. The van der Waals surface area contributed by atoms with Crippen LogP contribution < -0.4 is 5.32 Å². The highest BCUT2D eigenvalue weighted by Gasteiger charge is 2.32. The second-order valence-corrected chi connectivity index (χ2v) is 5.70. The number of rotatable bonds is 3. The van der Waals surface area contributed by atoms with Gasteiger partial charge in [0, 0.05) is 18.0 Å². The van der Waals surface area contributed by atoms with E-state index in [0.717, 1.165) is 19.4 Å². The molecule has 0 radical (unpaired) electrons. The lowest BCUT2D eigenvalue weighted by atomic mass is 9.75. The summed E-state index contributed by atoms with van der Waals surface area (Å²) in [6, 6.07) is 0.595. The molecule has 0 saturated heterocycles. The highest BCUT2D eigenvalue weighted by molar-refractivity contribution is 6.20. The molecule has 0 amide bonds. The van der Waals surface area contributed by atoms with Crippen molar-refractivity contribution in [1.29, 1.82) is 0 Å². The summed E-state index contributed by atoms with van der Waals surface area (Å²) in [5.74, 6) is 0. The van der Waals surface area contributed by atoms with Gasteiger partial charge in [0.15, 0.2) is 0 Å². The number of hydrogen-bond donors (Lipinski definition) is 1. The van der Waals surface area contributed by atoms with Gasteiger partial charge in [-0.3, -0.25) is 0 Å². The van der Waals surface area contributed by atoms with E-state index in [0.29, 0.717) is 16.8 Å². The van der Waals surface area contributed by atoms with Gasteiger partial charge in [-0.2, -0.15) is 0 Å². The first-order valence-corrected chi connectivity index (χ1v) is 5.96. The van der Waals surface area contributed by atoms with E-state index < -0.39 is 0 Å². The SMILES string of the molecule is C/C=C/CNC1CC(Cl)CC(C)(C)C1. The van der Waals surface area contributed by atoms with Crippen LogP contribution >= 0.6 is 11.6 Å². The molecule has 0 bridgehead atoms. The van der Waals surface area contributed by atoms with Crippen molar-refractivity contribution in [3.8, 4) is 0 Å². The van der Waals surface area contributed by atoms with Crippen LogP contribution in [0.2, 0.25) is 0 Å². The molecule has 82 valence electrons. The van der Waals surface area contributed by atoms with Crippen molar-refractivity contribution in [2.75, 3.05) is 6.54 Å². The third-order valence-corrected chi connectivity index (χ3v) is 3.21. The maximum absolute atomic E-state index is 6.25. The Morgan fingerprint density at radius 3 is 2.71 bits per heavy atom. The lowest BCUT2D eigenvalue weighted by Gasteiger charge is -2.38. The summed E-state index contributed by atoms with van der Waals surface area (Å²) in [7, 11) is 0. The van der Waals surface area contributed by atoms with Crippen LogP contribution in [0.4, 0.5) is 0 Å². The molecular formula is C12H22ClN. The maximum Gasteiger partial charge on any atom is 0.0356 e. The Morgan fingerprint density at radius 2 is 2.14 bits per heavy atom. The summed E-state index contributed by atoms with van der Waals surface area (Å²) in [6.07, 6.45) is 7.75. The predicted molar refractivity (Wildman–Crippen MR) is 63.9 cm³/mol. The molecule has 1 fully saturated rings. The molecule has 0 aliphatic heterocycles. The minimum Gasteiger partial charge on any atom is -0.310 e. The minimum atomic E-state index is 0.349. The van der Waals surface area contributed by atoms with Gasteiger partial charge < -0.3 is 5.32 Å². The maximum atomic E-state index is 6.25. The highest BCUT2D eigenvalue weighted by Crippen LogP contribution is 2.37. The van der Waals surface area contributed by atoms with Gasteiger partial charge in [-0.15, -0.1) is 11.6 Å². The third kappa shape index (κ3) is 4.02. The molecule has 1 aliphatic rings. The summed E-state index contributed by atoms with van der Waals surface area (Å²) >= 11 is 6.25. The van der Waals surface area contributed by atoms with E-state index in [-0.39, 0.29) is 0 Å². The zero-order valence-electron chi connectivity index (χ0n) is 9.52. The molecule has 2 unspecified atom stereocenters. The second-order valence-electron chi connectivity index (χ2n) is 5.08. The summed E-state index contributed by atoms with van der Waals surface area (Å²) in [5, 5.41) is 3.89. The first-order chi connectivity index (χ1) is 6.53. The number of halogens is 1. The molecule has 0 aromatic rings. The molecule has 14 heavy (non-hydrogen) atoms. The monoisotopic (exact) mass is 215 g/mol.